The Labute approximate surface area is 116 Å². The second-order valence-electron chi connectivity index (χ2n) is 4.04. The molecule has 0 bridgehead atoms. The highest BCUT2D eigenvalue weighted by molar-refractivity contribution is 7.98. The van der Waals surface area contributed by atoms with Gasteiger partial charge >= 0.3 is 0 Å². The van der Waals surface area contributed by atoms with E-state index in [0.29, 0.717) is 12.3 Å². The van der Waals surface area contributed by atoms with E-state index in [4.69, 9.17) is 0 Å². The van der Waals surface area contributed by atoms with E-state index in [0.717, 1.165) is 29.8 Å². The Morgan fingerprint density at radius 1 is 1.32 bits per heavy atom. The van der Waals surface area contributed by atoms with Crippen LogP contribution >= 0.6 is 11.8 Å². The molecule has 0 N–H and O–H groups in total. The summed E-state index contributed by atoms with van der Waals surface area (Å²) in [6, 6.07) is 0. The molecule has 0 aromatic carbocycles. The molecule has 0 amide bonds. The van der Waals surface area contributed by atoms with Gasteiger partial charge in [-0.3, -0.25) is 0 Å². The van der Waals surface area contributed by atoms with E-state index in [-0.39, 0.29) is 0 Å². The highest BCUT2D eigenvalue weighted by atomic mass is 32.2. The summed E-state index contributed by atoms with van der Waals surface area (Å²) in [6.45, 7) is 9.32. The van der Waals surface area contributed by atoms with Crippen LogP contribution in [0.1, 0.15) is 25.0 Å². The van der Waals surface area contributed by atoms with Crippen molar-refractivity contribution in [2.45, 2.75) is 44.3 Å². The first-order valence-corrected chi connectivity index (χ1v) is 7.13. The van der Waals surface area contributed by atoms with Crippen molar-refractivity contribution < 1.29 is 0 Å². The van der Waals surface area contributed by atoms with Crippen molar-refractivity contribution in [1.82, 2.24) is 35.0 Å². The summed E-state index contributed by atoms with van der Waals surface area (Å²) >= 11 is 1.58. The summed E-state index contributed by atoms with van der Waals surface area (Å²) in [4.78, 5) is 0. The quantitative estimate of drug-likeness (QED) is 0.564. The van der Waals surface area contributed by atoms with E-state index < -0.39 is 0 Å². The highest BCUT2D eigenvalue weighted by Crippen LogP contribution is 2.20. The van der Waals surface area contributed by atoms with Crippen LogP contribution in [0.5, 0.6) is 0 Å². The van der Waals surface area contributed by atoms with Crippen LogP contribution in [-0.4, -0.2) is 35.0 Å². The number of thioether (sulfide) groups is 1. The number of tetrazole rings is 1. The molecule has 0 aliphatic carbocycles. The van der Waals surface area contributed by atoms with Gasteiger partial charge in [0.25, 0.3) is 0 Å². The smallest absolute Gasteiger partial charge is 0.191 e. The summed E-state index contributed by atoms with van der Waals surface area (Å²) in [6.07, 6.45) is 2.84. The maximum Gasteiger partial charge on any atom is 0.191 e. The van der Waals surface area contributed by atoms with Crippen LogP contribution in [0.15, 0.2) is 17.8 Å². The predicted octanol–water partition coefficient (Wildman–Crippen LogP) is 1.46. The van der Waals surface area contributed by atoms with Crippen molar-refractivity contribution in [3.05, 3.63) is 24.3 Å². The molecule has 0 unspecified atom stereocenters. The van der Waals surface area contributed by atoms with Gasteiger partial charge < -0.3 is 4.57 Å². The minimum Gasteiger partial charge on any atom is -0.302 e. The second-order valence-corrected chi connectivity index (χ2v) is 4.98. The van der Waals surface area contributed by atoms with Gasteiger partial charge in [0, 0.05) is 13.1 Å². The Balaban J connectivity index is 2.05. The fourth-order valence-electron chi connectivity index (χ4n) is 1.65. The third-order valence-electron chi connectivity index (χ3n) is 2.59. The molecule has 0 atom stereocenters. The van der Waals surface area contributed by atoms with E-state index in [1.807, 2.05) is 22.2 Å². The van der Waals surface area contributed by atoms with Crippen molar-refractivity contribution in [1.29, 1.82) is 0 Å². The van der Waals surface area contributed by atoms with E-state index in [1.165, 1.54) is 0 Å². The first kappa shape index (κ1) is 13.7. The van der Waals surface area contributed by atoms with E-state index in [9.17, 15) is 0 Å². The molecule has 8 heteroatoms. The van der Waals surface area contributed by atoms with E-state index >= 15 is 0 Å². The number of hydrogen-bond donors (Lipinski definition) is 0. The average molecular weight is 279 g/mol. The molecule has 0 spiro atoms. The lowest BCUT2D eigenvalue weighted by atomic mass is 10.5. The first-order valence-electron chi connectivity index (χ1n) is 6.14. The fraction of sp³-hybridized carbons (Fsp3) is 0.545. The maximum absolute atomic E-state index is 4.16. The summed E-state index contributed by atoms with van der Waals surface area (Å²) in [5.74, 6) is 2.43. The van der Waals surface area contributed by atoms with Gasteiger partial charge in [-0.15, -0.1) is 21.9 Å². The van der Waals surface area contributed by atoms with Gasteiger partial charge in [0.05, 0.1) is 5.75 Å². The van der Waals surface area contributed by atoms with E-state index in [2.05, 4.69) is 39.2 Å². The van der Waals surface area contributed by atoms with Gasteiger partial charge in [-0.05, 0) is 23.8 Å². The Hall–Kier alpha value is -1.70. The van der Waals surface area contributed by atoms with Crippen LogP contribution in [0.4, 0.5) is 0 Å². The molecule has 19 heavy (non-hydrogen) atoms. The number of aryl methyl sites for hydroxylation is 2. The van der Waals surface area contributed by atoms with Gasteiger partial charge in [-0.1, -0.05) is 24.8 Å². The molecule has 102 valence electrons. The fourth-order valence-corrected chi connectivity index (χ4v) is 2.57. The molecule has 0 radical (unpaired) electrons. The number of hydrogen-bond acceptors (Lipinski definition) is 6. The van der Waals surface area contributed by atoms with Crippen molar-refractivity contribution in [3.63, 3.8) is 0 Å². The largest absolute Gasteiger partial charge is 0.302 e. The normalized spacial score (nSPS) is 10.8. The van der Waals surface area contributed by atoms with E-state index in [1.54, 1.807) is 11.8 Å². The molecular formula is C11H17N7S. The number of nitrogens with zero attached hydrogens (tertiary/aromatic N) is 7. The highest BCUT2D eigenvalue weighted by Gasteiger charge is 2.11. The van der Waals surface area contributed by atoms with Crippen LogP contribution in [-0.2, 0) is 18.8 Å². The lowest BCUT2D eigenvalue weighted by molar-refractivity contribution is 0.564. The zero-order valence-corrected chi connectivity index (χ0v) is 12.0. The lowest BCUT2D eigenvalue weighted by Crippen LogP contribution is -2.05. The zero-order chi connectivity index (χ0) is 13.7. The van der Waals surface area contributed by atoms with Crippen LogP contribution in [0.25, 0.3) is 0 Å². The van der Waals surface area contributed by atoms with Crippen LogP contribution < -0.4 is 0 Å². The maximum atomic E-state index is 4.16. The summed E-state index contributed by atoms with van der Waals surface area (Å²) in [5, 5.41) is 20.8. The van der Waals surface area contributed by atoms with Crippen LogP contribution in [0, 0.1) is 6.92 Å². The van der Waals surface area contributed by atoms with Gasteiger partial charge in [-0.2, -0.15) is 0 Å². The number of rotatable bonds is 7. The molecule has 2 rings (SSSR count). The lowest BCUT2D eigenvalue weighted by Gasteiger charge is -2.05. The Bertz CT molecular complexity index is 545. The molecule has 2 heterocycles. The number of allylic oxidation sites excluding steroid dienone is 1. The molecule has 0 fully saturated rings. The zero-order valence-electron chi connectivity index (χ0n) is 11.2. The standard InChI is InChI=1S/C11H17N7S/c1-4-6-17-9(3)12-14-11(17)19-8-10-13-15-16-18(10)7-5-2/h4H,1,5-8H2,2-3H3. The summed E-state index contributed by atoms with van der Waals surface area (Å²) in [7, 11) is 0. The molecule has 7 nitrogen and oxygen atoms in total. The third kappa shape index (κ3) is 3.19. The van der Waals surface area contributed by atoms with Crippen molar-refractivity contribution in [2.75, 3.05) is 0 Å². The molecule has 0 aliphatic rings. The van der Waals surface area contributed by atoms with Gasteiger partial charge in [0.1, 0.15) is 5.82 Å². The first-order chi connectivity index (χ1) is 9.26. The Morgan fingerprint density at radius 2 is 2.16 bits per heavy atom. The molecule has 0 saturated heterocycles. The van der Waals surface area contributed by atoms with Gasteiger partial charge in [0.15, 0.2) is 11.0 Å². The van der Waals surface area contributed by atoms with Crippen molar-refractivity contribution >= 4 is 11.8 Å². The van der Waals surface area contributed by atoms with Crippen molar-refractivity contribution in [3.8, 4) is 0 Å². The van der Waals surface area contributed by atoms with Crippen LogP contribution in [0.2, 0.25) is 0 Å². The van der Waals surface area contributed by atoms with Gasteiger partial charge in [-0.25, -0.2) is 4.68 Å². The van der Waals surface area contributed by atoms with Crippen LogP contribution in [0.3, 0.4) is 0 Å². The van der Waals surface area contributed by atoms with Crippen molar-refractivity contribution in [2.24, 2.45) is 0 Å². The van der Waals surface area contributed by atoms with Gasteiger partial charge in [0.2, 0.25) is 0 Å². The molecule has 0 aliphatic heterocycles. The molecule has 2 aromatic heterocycles. The molecular weight excluding hydrogens is 262 g/mol. The molecule has 2 aromatic rings. The molecule has 0 saturated carbocycles. The third-order valence-corrected chi connectivity index (χ3v) is 3.55. The SMILES string of the molecule is C=CCn1c(C)nnc1SCc1nnnn1CCC. The average Bonchev–Trinajstić information content (AvgIpc) is 2.97. The summed E-state index contributed by atoms with van der Waals surface area (Å²) in [5.41, 5.74) is 0. The second kappa shape index (κ2) is 6.46. The monoisotopic (exact) mass is 279 g/mol. The topological polar surface area (TPSA) is 74.3 Å². The minimum absolute atomic E-state index is 0.683. The minimum atomic E-state index is 0.683. The Morgan fingerprint density at radius 3 is 2.89 bits per heavy atom. The predicted molar refractivity (Wildman–Crippen MR) is 72.6 cm³/mol. The summed E-state index contributed by atoms with van der Waals surface area (Å²) < 4.78 is 3.85. The Kier molecular flexibility index (Phi) is 4.67. The number of aromatic nitrogens is 7.